The molecule has 2 aliphatic carbocycles. The Kier molecular flexibility index (Phi) is 11.0. The molecule has 0 radical (unpaired) electrons. The maximum atomic E-state index is 5.61. The summed E-state index contributed by atoms with van der Waals surface area (Å²) in [5.41, 5.74) is 16.4. The van der Waals surface area contributed by atoms with Crippen molar-refractivity contribution in [1.82, 2.24) is 39.0 Å². The highest BCUT2D eigenvalue weighted by atomic mass is 15.2. The zero-order valence-corrected chi connectivity index (χ0v) is 44.8. The van der Waals surface area contributed by atoms with Gasteiger partial charge in [-0.1, -0.05) is 244 Å². The van der Waals surface area contributed by atoms with E-state index in [0.717, 1.165) is 89.1 Å². The largest absolute Gasteiger partial charge is 0.307 e. The molecule has 0 spiro atoms. The molecule has 0 amide bonds. The quantitative estimate of drug-likeness (QED) is 0.143. The number of nitrogens with zero attached hydrogens (tertiary/aromatic N) is 8. The number of aromatic nitrogens is 8. The number of hydrogen-bond donors (Lipinski definition) is 0. The maximum absolute atomic E-state index is 5.61. The summed E-state index contributed by atoms with van der Waals surface area (Å²) >= 11 is 0. The first-order valence-corrected chi connectivity index (χ1v) is 28.0. The van der Waals surface area contributed by atoms with E-state index in [1.807, 2.05) is 36.4 Å². The van der Waals surface area contributed by atoms with Crippen LogP contribution in [0.25, 0.3) is 117 Å². The van der Waals surface area contributed by atoms with E-state index in [4.69, 9.17) is 29.9 Å². The van der Waals surface area contributed by atoms with E-state index in [-0.39, 0.29) is 0 Å². The van der Waals surface area contributed by atoms with Gasteiger partial charge in [0.15, 0.2) is 29.1 Å². The highest BCUT2D eigenvalue weighted by molar-refractivity contribution is 6.23. The summed E-state index contributed by atoms with van der Waals surface area (Å²) in [5.74, 6) is 3.99. The molecule has 1 unspecified atom stereocenters. The van der Waals surface area contributed by atoms with Crippen LogP contribution in [0.15, 0.2) is 267 Å². The predicted octanol–water partition coefficient (Wildman–Crippen LogP) is 17.3. The van der Waals surface area contributed by atoms with Gasteiger partial charge < -0.3 is 4.57 Å². The van der Waals surface area contributed by atoms with E-state index in [0.29, 0.717) is 41.0 Å². The second kappa shape index (κ2) is 19.0. The third-order valence-electron chi connectivity index (χ3n) is 16.6. The van der Waals surface area contributed by atoms with Crippen molar-refractivity contribution in [2.45, 2.75) is 18.8 Å². The smallest absolute Gasteiger partial charge is 0.238 e. The Hall–Kier alpha value is -10.7. The average Bonchev–Trinajstić information content (AvgIpc) is 2.70. The van der Waals surface area contributed by atoms with Crippen LogP contribution in [0.2, 0.25) is 0 Å². The molecule has 0 N–H and O–H groups in total. The van der Waals surface area contributed by atoms with Crippen LogP contribution in [0.5, 0.6) is 0 Å². The molecule has 8 nitrogen and oxygen atoms in total. The van der Waals surface area contributed by atoms with E-state index in [2.05, 4.69) is 247 Å². The minimum Gasteiger partial charge on any atom is -0.307 e. The van der Waals surface area contributed by atoms with Crippen molar-refractivity contribution in [1.29, 1.82) is 0 Å². The molecule has 2 aliphatic rings. The van der Waals surface area contributed by atoms with Crippen LogP contribution in [0.1, 0.15) is 41.4 Å². The normalized spacial score (nSPS) is 14.4. The van der Waals surface area contributed by atoms with Crippen LogP contribution in [0.4, 0.5) is 0 Å². The number of benzene rings is 10. The standard InChI is InChI=1S/C74H50N8/c1-47-22-20-27-50(44-47)70-75-68(48-23-6-2-7-24-48)76-71(78-70)51-28-21-33-55(45-51)81-64-38-18-15-35-57(64)59-41-42-60-58-36-16-19-39-65(58)82(67(60)66(59)81)73-79-69(49-25-8-3-9-26-49)77-72(80-73)52-40-43-63-61(46-52)56-34-14-17-37-62(56)74(63,53-29-10-4-11-30-53)54-31-12-5-13-32-54/h2-43,45-47H,44H2,1H3. The van der Waals surface area contributed by atoms with Gasteiger partial charge in [-0.05, 0) is 81.6 Å². The Bertz CT molecular complexity index is 4870. The molecule has 0 aliphatic heterocycles. The molecule has 0 saturated carbocycles. The third-order valence-corrected chi connectivity index (χ3v) is 16.6. The highest BCUT2D eigenvalue weighted by Gasteiger charge is 2.46. The van der Waals surface area contributed by atoms with Gasteiger partial charge in [0.2, 0.25) is 5.95 Å². The summed E-state index contributed by atoms with van der Waals surface area (Å²) in [7, 11) is 0. The minimum absolute atomic E-state index is 0.374. The van der Waals surface area contributed by atoms with Crippen molar-refractivity contribution in [3.05, 3.63) is 295 Å². The summed E-state index contributed by atoms with van der Waals surface area (Å²) in [6.45, 7) is 2.23. The first kappa shape index (κ1) is 47.3. The van der Waals surface area contributed by atoms with Crippen molar-refractivity contribution in [2.24, 2.45) is 5.92 Å². The van der Waals surface area contributed by atoms with Crippen LogP contribution in [-0.2, 0) is 5.41 Å². The highest BCUT2D eigenvalue weighted by Crippen LogP contribution is 2.56. The molecule has 0 fully saturated rings. The summed E-state index contributed by atoms with van der Waals surface area (Å²) in [6, 6.07) is 88.4. The molecular weight excluding hydrogens is 1000 g/mol. The molecule has 0 saturated heterocycles. The van der Waals surface area contributed by atoms with Crippen LogP contribution in [0, 0.1) is 5.92 Å². The fourth-order valence-corrected chi connectivity index (χ4v) is 13.0. The lowest BCUT2D eigenvalue weighted by molar-refractivity contribution is 0.742. The first-order valence-electron chi connectivity index (χ1n) is 28.0. The Balaban J connectivity index is 0.931. The van der Waals surface area contributed by atoms with Crippen molar-refractivity contribution in [2.75, 3.05) is 0 Å². The predicted molar refractivity (Wildman–Crippen MR) is 332 cm³/mol. The second-order valence-corrected chi connectivity index (χ2v) is 21.5. The molecule has 16 rings (SSSR count). The lowest BCUT2D eigenvalue weighted by Gasteiger charge is -2.33. The molecule has 1 atom stereocenters. The summed E-state index contributed by atoms with van der Waals surface area (Å²) in [4.78, 5) is 32.0. The number of hydrogen-bond acceptors (Lipinski definition) is 6. The Labute approximate surface area is 473 Å². The molecule has 10 aromatic carbocycles. The Morgan fingerprint density at radius 2 is 0.866 bits per heavy atom. The molecule has 4 heterocycles. The monoisotopic (exact) mass is 1050 g/mol. The van der Waals surface area contributed by atoms with Crippen LogP contribution < -0.4 is 0 Å². The van der Waals surface area contributed by atoms with Gasteiger partial charge >= 0.3 is 0 Å². The molecule has 14 aromatic rings. The van der Waals surface area contributed by atoms with E-state index in [9.17, 15) is 0 Å². The second-order valence-electron chi connectivity index (χ2n) is 21.5. The Morgan fingerprint density at radius 1 is 0.378 bits per heavy atom. The molecule has 386 valence electrons. The zero-order valence-electron chi connectivity index (χ0n) is 44.8. The van der Waals surface area contributed by atoms with Crippen LogP contribution in [0.3, 0.4) is 0 Å². The molecule has 82 heavy (non-hydrogen) atoms. The van der Waals surface area contributed by atoms with Gasteiger partial charge in [0.05, 0.1) is 27.5 Å². The summed E-state index contributed by atoms with van der Waals surface area (Å²) in [5, 5.41) is 4.40. The van der Waals surface area contributed by atoms with E-state index in [1.165, 1.54) is 27.8 Å². The van der Waals surface area contributed by atoms with Crippen molar-refractivity contribution in [3.8, 4) is 68.3 Å². The van der Waals surface area contributed by atoms with Gasteiger partial charge in [0, 0.05) is 49.5 Å². The first-order chi connectivity index (χ1) is 40.6. The lowest BCUT2D eigenvalue weighted by atomic mass is 9.67. The fourth-order valence-electron chi connectivity index (χ4n) is 13.0. The minimum atomic E-state index is -0.540. The SMILES string of the molecule is CC1C=CC=C(c2nc(-c3ccccc3)nc(-c3cccc(-n4c5ccccc5c5ccc6c7ccccc7n(-c7nc(-c8ccccc8)nc(-c8ccc9c(c8)-c8ccccc8C9(c8ccccc8)c8ccccc8)n7)c6c54)c3)n2)C1. The van der Waals surface area contributed by atoms with E-state index >= 15 is 0 Å². The van der Waals surface area contributed by atoms with Crippen LogP contribution >= 0.6 is 0 Å². The van der Waals surface area contributed by atoms with Crippen molar-refractivity contribution in [3.63, 3.8) is 0 Å². The third kappa shape index (κ3) is 7.45. The molecular formula is C74H50N8. The van der Waals surface area contributed by atoms with E-state index < -0.39 is 5.41 Å². The van der Waals surface area contributed by atoms with Gasteiger partial charge in [-0.25, -0.2) is 19.9 Å². The van der Waals surface area contributed by atoms with Gasteiger partial charge in [0.25, 0.3) is 0 Å². The zero-order chi connectivity index (χ0) is 54.3. The number of allylic oxidation sites excluding steroid dienone is 4. The van der Waals surface area contributed by atoms with E-state index in [1.54, 1.807) is 0 Å². The Morgan fingerprint density at radius 3 is 1.51 bits per heavy atom. The average molecular weight is 1050 g/mol. The molecule has 8 heteroatoms. The maximum Gasteiger partial charge on any atom is 0.238 e. The van der Waals surface area contributed by atoms with Gasteiger partial charge in [-0.15, -0.1) is 0 Å². The van der Waals surface area contributed by atoms with Crippen LogP contribution in [-0.4, -0.2) is 39.0 Å². The molecule has 0 bridgehead atoms. The van der Waals surface area contributed by atoms with Crippen molar-refractivity contribution < 1.29 is 0 Å². The fraction of sp³-hybridized carbons (Fsp3) is 0.0541. The summed E-state index contributed by atoms with van der Waals surface area (Å²) < 4.78 is 4.66. The number of rotatable bonds is 9. The van der Waals surface area contributed by atoms with Gasteiger partial charge in [-0.3, -0.25) is 4.57 Å². The topological polar surface area (TPSA) is 87.2 Å². The summed E-state index contributed by atoms with van der Waals surface area (Å²) in [6.07, 6.45) is 7.33. The lowest BCUT2D eigenvalue weighted by Crippen LogP contribution is -2.28. The number of fused-ring (bicyclic) bond motifs is 10. The molecule has 4 aromatic heterocycles. The van der Waals surface area contributed by atoms with Gasteiger partial charge in [0.1, 0.15) is 0 Å². The van der Waals surface area contributed by atoms with Gasteiger partial charge in [-0.2, -0.15) is 9.97 Å². The van der Waals surface area contributed by atoms with Crippen molar-refractivity contribution >= 4 is 49.2 Å². The number of para-hydroxylation sites is 2.